The maximum atomic E-state index is 11.8. The first-order valence-corrected chi connectivity index (χ1v) is 7.73. The van der Waals surface area contributed by atoms with Crippen molar-refractivity contribution in [3.8, 4) is 0 Å². The lowest BCUT2D eigenvalue weighted by Crippen LogP contribution is -2.42. The van der Waals surface area contributed by atoms with Gasteiger partial charge in [0.1, 0.15) is 0 Å². The van der Waals surface area contributed by atoms with Crippen molar-refractivity contribution >= 4 is 6.03 Å². The number of urea groups is 1. The van der Waals surface area contributed by atoms with E-state index < -0.39 is 0 Å². The van der Waals surface area contributed by atoms with E-state index in [-0.39, 0.29) is 24.1 Å². The summed E-state index contributed by atoms with van der Waals surface area (Å²) in [6.45, 7) is 6.39. The number of benzene rings is 1. The third-order valence-corrected chi connectivity index (χ3v) is 3.44. The molecule has 3 unspecified atom stereocenters. The van der Waals surface area contributed by atoms with Gasteiger partial charge in [0.25, 0.3) is 0 Å². The molecule has 1 aromatic rings. The number of hydrogen-bond acceptors (Lipinski definition) is 2. The second-order valence-electron chi connectivity index (χ2n) is 5.97. The van der Waals surface area contributed by atoms with Crippen LogP contribution in [0.4, 0.5) is 4.79 Å². The van der Waals surface area contributed by atoms with Crippen molar-refractivity contribution in [1.82, 2.24) is 10.6 Å². The van der Waals surface area contributed by atoms with Crippen LogP contribution < -0.4 is 10.6 Å². The zero-order chi connectivity index (χ0) is 15.7. The monoisotopic (exact) mass is 292 g/mol. The second-order valence-corrected chi connectivity index (χ2v) is 5.97. The fraction of sp³-hybridized carbons (Fsp3) is 0.588. The lowest BCUT2D eigenvalue weighted by atomic mass is 10.0. The van der Waals surface area contributed by atoms with Gasteiger partial charge in [-0.1, -0.05) is 37.3 Å². The van der Waals surface area contributed by atoms with E-state index in [2.05, 4.69) is 22.8 Å². The summed E-state index contributed by atoms with van der Waals surface area (Å²) in [5.74, 6) is 0.273. The van der Waals surface area contributed by atoms with Crippen molar-refractivity contribution in [2.75, 3.05) is 6.54 Å². The van der Waals surface area contributed by atoms with Gasteiger partial charge in [-0.05, 0) is 44.6 Å². The largest absolute Gasteiger partial charge is 0.393 e. The molecule has 3 atom stereocenters. The van der Waals surface area contributed by atoms with Crippen LogP contribution >= 0.6 is 0 Å². The minimum atomic E-state index is -0.324. The summed E-state index contributed by atoms with van der Waals surface area (Å²) < 4.78 is 0. The Bertz CT molecular complexity index is 407. The molecule has 0 spiro atoms. The molecule has 21 heavy (non-hydrogen) atoms. The van der Waals surface area contributed by atoms with Crippen LogP contribution in [0.25, 0.3) is 0 Å². The number of amides is 2. The standard InChI is InChI=1S/C17H28N2O2/c1-13(11-15(3)20)12-18-17(21)19-14(2)9-10-16-7-5-4-6-8-16/h4-8,13-15,20H,9-12H2,1-3H3,(H2,18,19,21). The molecule has 0 aromatic heterocycles. The van der Waals surface area contributed by atoms with Crippen molar-refractivity contribution in [3.05, 3.63) is 35.9 Å². The molecular formula is C17H28N2O2. The molecule has 1 aromatic carbocycles. The Hall–Kier alpha value is -1.55. The number of carbonyl (C=O) groups excluding carboxylic acids is 1. The van der Waals surface area contributed by atoms with Gasteiger partial charge in [-0.15, -0.1) is 0 Å². The molecular weight excluding hydrogens is 264 g/mol. The Labute approximate surface area is 128 Å². The zero-order valence-corrected chi connectivity index (χ0v) is 13.3. The van der Waals surface area contributed by atoms with E-state index in [0.29, 0.717) is 13.0 Å². The molecule has 118 valence electrons. The SMILES string of the molecule is CC(O)CC(C)CNC(=O)NC(C)CCc1ccccc1. The molecule has 0 fully saturated rings. The summed E-state index contributed by atoms with van der Waals surface area (Å²) in [6.07, 6.45) is 2.25. The highest BCUT2D eigenvalue weighted by molar-refractivity contribution is 5.74. The van der Waals surface area contributed by atoms with Crippen LogP contribution in [-0.2, 0) is 6.42 Å². The van der Waals surface area contributed by atoms with Crippen LogP contribution in [0.5, 0.6) is 0 Å². The van der Waals surface area contributed by atoms with E-state index >= 15 is 0 Å². The highest BCUT2D eigenvalue weighted by Crippen LogP contribution is 2.05. The van der Waals surface area contributed by atoms with Gasteiger partial charge >= 0.3 is 6.03 Å². The molecule has 0 aliphatic heterocycles. The number of aliphatic hydroxyl groups excluding tert-OH is 1. The minimum absolute atomic E-state index is 0.131. The van der Waals surface area contributed by atoms with Gasteiger partial charge in [0.2, 0.25) is 0 Å². The average molecular weight is 292 g/mol. The number of nitrogens with one attached hydrogen (secondary N) is 2. The Balaban J connectivity index is 2.18. The molecule has 4 nitrogen and oxygen atoms in total. The van der Waals surface area contributed by atoms with E-state index in [1.54, 1.807) is 6.92 Å². The third-order valence-electron chi connectivity index (χ3n) is 3.44. The Morgan fingerprint density at radius 1 is 1.19 bits per heavy atom. The van der Waals surface area contributed by atoms with Crippen LogP contribution in [0, 0.1) is 5.92 Å². The molecule has 1 rings (SSSR count). The maximum Gasteiger partial charge on any atom is 0.315 e. The molecule has 3 N–H and O–H groups in total. The molecule has 0 saturated carbocycles. The van der Waals surface area contributed by atoms with Gasteiger partial charge < -0.3 is 15.7 Å². The number of carbonyl (C=O) groups is 1. The van der Waals surface area contributed by atoms with Crippen LogP contribution in [0.1, 0.15) is 39.2 Å². The van der Waals surface area contributed by atoms with Crippen molar-refractivity contribution in [2.45, 2.75) is 52.2 Å². The summed E-state index contributed by atoms with van der Waals surface area (Å²) in [6, 6.07) is 10.3. The van der Waals surface area contributed by atoms with Gasteiger partial charge in [-0.2, -0.15) is 0 Å². The maximum absolute atomic E-state index is 11.8. The van der Waals surface area contributed by atoms with Crippen LogP contribution in [0.3, 0.4) is 0 Å². The summed E-state index contributed by atoms with van der Waals surface area (Å²) in [4.78, 5) is 11.8. The Morgan fingerprint density at radius 3 is 2.48 bits per heavy atom. The predicted molar refractivity (Wildman–Crippen MR) is 86.2 cm³/mol. The zero-order valence-electron chi connectivity index (χ0n) is 13.3. The fourth-order valence-corrected chi connectivity index (χ4v) is 2.31. The first-order chi connectivity index (χ1) is 9.97. The van der Waals surface area contributed by atoms with Crippen molar-refractivity contribution < 1.29 is 9.90 Å². The Kier molecular flexibility index (Phi) is 7.83. The normalized spacial score (nSPS) is 15.0. The molecule has 0 heterocycles. The van der Waals surface area contributed by atoms with Gasteiger partial charge in [0.05, 0.1) is 6.10 Å². The average Bonchev–Trinajstić information content (AvgIpc) is 2.43. The third kappa shape index (κ3) is 8.35. The van der Waals surface area contributed by atoms with Gasteiger partial charge in [0, 0.05) is 12.6 Å². The molecule has 0 bridgehead atoms. The molecule has 0 saturated heterocycles. The predicted octanol–water partition coefficient (Wildman–Crippen LogP) is 2.71. The topological polar surface area (TPSA) is 61.4 Å². The molecule has 0 aliphatic carbocycles. The van der Waals surface area contributed by atoms with Gasteiger partial charge in [-0.25, -0.2) is 4.79 Å². The number of hydrogen-bond donors (Lipinski definition) is 3. The number of aryl methyl sites for hydroxylation is 1. The van der Waals surface area contributed by atoms with Crippen molar-refractivity contribution in [2.24, 2.45) is 5.92 Å². The van der Waals surface area contributed by atoms with E-state index in [4.69, 9.17) is 0 Å². The van der Waals surface area contributed by atoms with E-state index in [9.17, 15) is 9.90 Å². The second kappa shape index (κ2) is 9.40. The fourth-order valence-electron chi connectivity index (χ4n) is 2.31. The number of rotatable bonds is 8. The first kappa shape index (κ1) is 17.5. The minimum Gasteiger partial charge on any atom is -0.393 e. The summed E-state index contributed by atoms with van der Waals surface area (Å²) in [5.41, 5.74) is 1.29. The van der Waals surface area contributed by atoms with Crippen molar-refractivity contribution in [3.63, 3.8) is 0 Å². The van der Waals surface area contributed by atoms with E-state index in [1.165, 1.54) is 5.56 Å². The summed E-state index contributed by atoms with van der Waals surface area (Å²) >= 11 is 0. The lowest BCUT2D eigenvalue weighted by Gasteiger charge is -2.17. The molecule has 0 aliphatic rings. The molecule has 4 heteroatoms. The van der Waals surface area contributed by atoms with Crippen LogP contribution in [0.2, 0.25) is 0 Å². The van der Waals surface area contributed by atoms with Crippen LogP contribution in [0.15, 0.2) is 30.3 Å². The van der Waals surface area contributed by atoms with Crippen molar-refractivity contribution in [1.29, 1.82) is 0 Å². The van der Waals surface area contributed by atoms with E-state index in [0.717, 1.165) is 12.8 Å². The summed E-state index contributed by atoms with van der Waals surface area (Å²) in [5, 5.41) is 15.1. The lowest BCUT2D eigenvalue weighted by molar-refractivity contribution is 0.163. The smallest absolute Gasteiger partial charge is 0.315 e. The van der Waals surface area contributed by atoms with Gasteiger partial charge in [0.15, 0.2) is 0 Å². The van der Waals surface area contributed by atoms with Crippen LogP contribution in [-0.4, -0.2) is 29.8 Å². The van der Waals surface area contributed by atoms with Gasteiger partial charge in [-0.3, -0.25) is 0 Å². The quantitative estimate of drug-likeness (QED) is 0.690. The molecule has 0 radical (unpaired) electrons. The number of aliphatic hydroxyl groups is 1. The molecule has 2 amide bonds. The van der Waals surface area contributed by atoms with E-state index in [1.807, 2.05) is 32.0 Å². The Morgan fingerprint density at radius 2 is 1.86 bits per heavy atom. The first-order valence-electron chi connectivity index (χ1n) is 7.73. The highest BCUT2D eigenvalue weighted by Gasteiger charge is 2.10. The highest BCUT2D eigenvalue weighted by atomic mass is 16.3. The summed E-state index contributed by atoms with van der Waals surface area (Å²) in [7, 11) is 0.